The number of aromatic nitrogens is 1. The maximum Gasteiger partial charge on any atom is 0.270 e. The van der Waals surface area contributed by atoms with E-state index < -0.39 is 5.72 Å². The number of likely N-dealkylation sites (tertiary alicyclic amines) is 1. The Labute approximate surface area is 167 Å². The van der Waals surface area contributed by atoms with Gasteiger partial charge in [0, 0.05) is 47.4 Å². The SMILES string of the molecule is O=C(c1cc2ccccc2[nH]1)N1CCC2(CC1)N=C(c1ccc(Cl)cc1)NO2. The fourth-order valence-corrected chi connectivity index (χ4v) is 3.88. The van der Waals surface area contributed by atoms with Crippen LogP contribution in [0.25, 0.3) is 10.9 Å². The van der Waals surface area contributed by atoms with Crippen LogP contribution in [0.4, 0.5) is 0 Å². The van der Waals surface area contributed by atoms with E-state index in [1.165, 1.54) is 0 Å². The quantitative estimate of drug-likeness (QED) is 0.695. The zero-order chi connectivity index (χ0) is 19.1. The first kappa shape index (κ1) is 17.3. The number of hydrogen-bond donors (Lipinski definition) is 2. The fourth-order valence-electron chi connectivity index (χ4n) is 3.76. The minimum absolute atomic E-state index is 0.0129. The lowest BCUT2D eigenvalue weighted by atomic mass is 10.0. The second kappa shape index (κ2) is 6.65. The third kappa shape index (κ3) is 3.04. The largest absolute Gasteiger partial charge is 0.351 e. The van der Waals surface area contributed by atoms with Crippen molar-refractivity contribution in [3.63, 3.8) is 0 Å². The number of piperidine rings is 1. The van der Waals surface area contributed by atoms with Gasteiger partial charge in [0.25, 0.3) is 5.91 Å². The molecule has 3 heterocycles. The van der Waals surface area contributed by atoms with Gasteiger partial charge in [0.2, 0.25) is 0 Å². The van der Waals surface area contributed by atoms with Gasteiger partial charge < -0.3 is 9.88 Å². The van der Waals surface area contributed by atoms with Crippen molar-refractivity contribution in [1.29, 1.82) is 0 Å². The zero-order valence-electron chi connectivity index (χ0n) is 15.1. The summed E-state index contributed by atoms with van der Waals surface area (Å²) < 4.78 is 0. The average molecular weight is 395 g/mol. The van der Waals surface area contributed by atoms with Crippen molar-refractivity contribution in [3.05, 3.63) is 70.9 Å². The number of nitrogens with one attached hydrogen (secondary N) is 2. The van der Waals surface area contributed by atoms with Gasteiger partial charge in [0.15, 0.2) is 11.6 Å². The molecule has 142 valence electrons. The summed E-state index contributed by atoms with van der Waals surface area (Å²) in [5.41, 5.74) is 4.84. The van der Waals surface area contributed by atoms with Crippen molar-refractivity contribution in [2.24, 2.45) is 4.99 Å². The predicted molar refractivity (Wildman–Crippen MR) is 108 cm³/mol. The number of aliphatic imine (C=N–C) groups is 1. The Balaban J connectivity index is 1.29. The van der Waals surface area contributed by atoms with Crippen molar-refractivity contribution >= 4 is 34.2 Å². The van der Waals surface area contributed by atoms with Crippen molar-refractivity contribution in [2.75, 3.05) is 13.1 Å². The number of rotatable bonds is 2. The van der Waals surface area contributed by atoms with E-state index in [2.05, 4.69) is 10.5 Å². The molecule has 5 rings (SSSR count). The molecule has 2 N–H and O–H groups in total. The van der Waals surface area contributed by atoms with E-state index in [-0.39, 0.29) is 5.91 Å². The van der Waals surface area contributed by atoms with Crippen molar-refractivity contribution in [1.82, 2.24) is 15.4 Å². The van der Waals surface area contributed by atoms with Gasteiger partial charge in [-0.3, -0.25) is 4.79 Å². The van der Waals surface area contributed by atoms with Gasteiger partial charge in [-0.25, -0.2) is 15.3 Å². The van der Waals surface area contributed by atoms with E-state index >= 15 is 0 Å². The molecule has 1 amide bonds. The molecule has 6 nitrogen and oxygen atoms in total. The molecule has 2 aliphatic rings. The molecular weight excluding hydrogens is 376 g/mol. The summed E-state index contributed by atoms with van der Waals surface area (Å²) in [5.74, 6) is 0.714. The normalized spacial score (nSPS) is 18.3. The lowest BCUT2D eigenvalue weighted by Gasteiger charge is -2.35. The fraction of sp³-hybridized carbons (Fsp3) is 0.238. The first-order valence-electron chi connectivity index (χ1n) is 9.29. The molecule has 1 aromatic heterocycles. The van der Waals surface area contributed by atoms with Gasteiger partial charge >= 0.3 is 0 Å². The monoisotopic (exact) mass is 394 g/mol. The Hall–Kier alpha value is -2.83. The van der Waals surface area contributed by atoms with E-state index in [1.54, 1.807) is 0 Å². The number of amidine groups is 1. The van der Waals surface area contributed by atoms with Crippen molar-refractivity contribution in [3.8, 4) is 0 Å². The van der Waals surface area contributed by atoms with E-state index in [4.69, 9.17) is 21.4 Å². The number of aromatic amines is 1. The molecular formula is C21H19ClN4O2. The van der Waals surface area contributed by atoms with Crippen LogP contribution in [0.3, 0.4) is 0 Å². The molecule has 0 atom stereocenters. The van der Waals surface area contributed by atoms with Gasteiger partial charge in [-0.2, -0.15) is 0 Å². The number of hydrogen-bond acceptors (Lipinski definition) is 4. The number of benzene rings is 2. The molecule has 2 aliphatic heterocycles. The van der Waals surface area contributed by atoms with Crippen LogP contribution in [0.1, 0.15) is 28.9 Å². The summed E-state index contributed by atoms with van der Waals surface area (Å²) in [5, 5.41) is 1.72. The Morgan fingerprint density at radius 1 is 1.11 bits per heavy atom. The highest BCUT2D eigenvalue weighted by atomic mass is 35.5. The Kier molecular flexibility index (Phi) is 4.10. The molecule has 0 radical (unpaired) electrons. The van der Waals surface area contributed by atoms with Gasteiger partial charge in [-0.05, 0) is 36.4 Å². The Bertz CT molecular complexity index is 1030. The average Bonchev–Trinajstić information content (AvgIpc) is 3.33. The lowest BCUT2D eigenvalue weighted by Crippen LogP contribution is -2.46. The topological polar surface area (TPSA) is 69.7 Å². The highest BCUT2D eigenvalue weighted by molar-refractivity contribution is 6.30. The summed E-state index contributed by atoms with van der Waals surface area (Å²) in [7, 11) is 0. The summed E-state index contributed by atoms with van der Waals surface area (Å²) >= 11 is 5.95. The Morgan fingerprint density at radius 2 is 1.86 bits per heavy atom. The van der Waals surface area contributed by atoms with Gasteiger partial charge in [0.1, 0.15) is 5.69 Å². The minimum atomic E-state index is -0.619. The number of amides is 1. The van der Waals surface area contributed by atoms with Crippen LogP contribution in [0.5, 0.6) is 0 Å². The van der Waals surface area contributed by atoms with Crippen molar-refractivity contribution < 1.29 is 9.63 Å². The first-order chi connectivity index (χ1) is 13.6. The summed E-state index contributed by atoms with van der Waals surface area (Å²) in [6.45, 7) is 1.18. The first-order valence-corrected chi connectivity index (χ1v) is 9.67. The maximum absolute atomic E-state index is 12.9. The molecule has 0 saturated carbocycles. The molecule has 1 spiro atoms. The van der Waals surface area contributed by atoms with Crippen LogP contribution >= 0.6 is 11.6 Å². The number of fused-ring (bicyclic) bond motifs is 1. The van der Waals surface area contributed by atoms with Gasteiger partial charge in [-0.15, -0.1) is 0 Å². The number of nitrogens with zero attached hydrogens (tertiary/aromatic N) is 2. The molecule has 1 saturated heterocycles. The number of carbonyl (C=O) groups is 1. The molecule has 28 heavy (non-hydrogen) atoms. The predicted octanol–water partition coefficient (Wildman–Crippen LogP) is 3.74. The smallest absolute Gasteiger partial charge is 0.270 e. The van der Waals surface area contributed by atoms with Crippen LogP contribution < -0.4 is 5.48 Å². The Morgan fingerprint density at radius 3 is 2.61 bits per heavy atom. The van der Waals surface area contributed by atoms with Crippen LogP contribution in [-0.2, 0) is 4.84 Å². The maximum atomic E-state index is 12.9. The van der Waals surface area contributed by atoms with E-state index in [9.17, 15) is 4.79 Å². The van der Waals surface area contributed by atoms with E-state index in [0.717, 1.165) is 16.5 Å². The standard InChI is InChI=1S/C21H19ClN4O2/c22-16-7-5-14(6-8-16)19-24-21(28-25-19)9-11-26(12-10-21)20(27)18-13-15-3-1-2-4-17(15)23-18/h1-8,13,23H,9-12H2,(H,24,25). The second-order valence-electron chi connectivity index (χ2n) is 7.18. The lowest BCUT2D eigenvalue weighted by molar-refractivity contribution is -0.0850. The van der Waals surface area contributed by atoms with Crippen LogP contribution in [0, 0.1) is 0 Å². The highest BCUT2D eigenvalue weighted by Crippen LogP contribution is 2.32. The van der Waals surface area contributed by atoms with Crippen LogP contribution in [-0.4, -0.2) is 40.4 Å². The second-order valence-corrected chi connectivity index (χ2v) is 7.62. The van der Waals surface area contributed by atoms with Crippen molar-refractivity contribution in [2.45, 2.75) is 18.6 Å². The molecule has 7 heteroatoms. The van der Waals surface area contributed by atoms with E-state index in [0.29, 0.717) is 42.5 Å². The summed E-state index contributed by atoms with van der Waals surface area (Å²) in [4.78, 5) is 28.6. The molecule has 0 unspecified atom stereocenters. The molecule has 0 bridgehead atoms. The zero-order valence-corrected chi connectivity index (χ0v) is 15.9. The number of H-pyrrole nitrogens is 1. The molecule has 0 aliphatic carbocycles. The molecule has 3 aromatic rings. The number of hydroxylamine groups is 1. The highest BCUT2D eigenvalue weighted by Gasteiger charge is 2.41. The molecule has 1 fully saturated rings. The summed E-state index contributed by atoms with van der Waals surface area (Å²) in [6, 6.07) is 17.3. The number of carbonyl (C=O) groups excluding carboxylic acids is 1. The van der Waals surface area contributed by atoms with E-state index in [1.807, 2.05) is 59.5 Å². The molecule has 2 aromatic carbocycles. The number of halogens is 1. The summed E-state index contributed by atoms with van der Waals surface area (Å²) in [6.07, 6.45) is 1.28. The van der Waals surface area contributed by atoms with Crippen LogP contribution in [0.2, 0.25) is 5.02 Å². The number of para-hydroxylation sites is 1. The van der Waals surface area contributed by atoms with Crippen LogP contribution in [0.15, 0.2) is 59.6 Å². The minimum Gasteiger partial charge on any atom is -0.351 e. The third-order valence-electron chi connectivity index (χ3n) is 5.36. The van der Waals surface area contributed by atoms with Gasteiger partial charge in [-0.1, -0.05) is 29.8 Å². The van der Waals surface area contributed by atoms with Gasteiger partial charge in [0.05, 0.1) is 0 Å². The third-order valence-corrected chi connectivity index (χ3v) is 5.62.